The van der Waals surface area contributed by atoms with Gasteiger partial charge in [0.25, 0.3) is 0 Å². The van der Waals surface area contributed by atoms with Gasteiger partial charge in [0, 0.05) is 28.1 Å². The summed E-state index contributed by atoms with van der Waals surface area (Å²) in [6.07, 6.45) is 1.98. The molecule has 0 aliphatic carbocycles. The third-order valence-electron chi connectivity index (χ3n) is 2.36. The fourth-order valence-corrected chi connectivity index (χ4v) is 2.73. The Hall–Kier alpha value is -0.870. The van der Waals surface area contributed by atoms with Gasteiger partial charge in [-0.3, -0.25) is 9.00 Å². The largest absolute Gasteiger partial charge is 0.355 e. The second-order valence-electron chi connectivity index (χ2n) is 4.06. The number of carbonyl (C=O) groups is 1. The molecule has 0 aliphatic rings. The molecular formula is C13H18ClNO2S. The van der Waals surface area contributed by atoms with Crippen LogP contribution >= 0.6 is 11.6 Å². The highest BCUT2D eigenvalue weighted by Crippen LogP contribution is 2.12. The number of carbonyl (C=O) groups excluding carboxylic acids is 1. The standard InChI is InChI=1S/C13H18ClNO2S/c1-2-3-7-15-13(16)10-18(17)9-11-5-4-6-12(14)8-11/h4-6,8H,2-3,7,9-10H2,1H3,(H,15,16). The molecule has 0 saturated carbocycles. The SMILES string of the molecule is CCCCNC(=O)CS(=O)Cc1cccc(Cl)c1. The lowest BCUT2D eigenvalue weighted by Crippen LogP contribution is -2.29. The van der Waals surface area contributed by atoms with Crippen LogP contribution in [0.4, 0.5) is 0 Å². The third-order valence-corrected chi connectivity index (χ3v) is 3.84. The Morgan fingerprint density at radius 1 is 1.44 bits per heavy atom. The van der Waals surface area contributed by atoms with Crippen molar-refractivity contribution < 1.29 is 9.00 Å². The number of hydrogen-bond acceptors (Lipinski definition) is 2. The molecule has 1 rings (SSSR count). The zero-order valence-electron chi connectivity index (χ0n) is 10.4. The highest BCUT2D eigenvalue weighted by atomic mass is 35.5. The van der Waals surface area contributed by atoms with Gasteiger partial charge < -0.3 is 5.32 Å². The van der Waals surface area contributed by atoms with Crippen molar-refractivity contribution in [2.75, 3.05) is 12.3 Å². The van der Waals surface area contributed by atoms with Crippen LogP contribution in [-0.4, -0.2) is 22.4 Å². The van der Waals surface area contributed by atoms with E-state index in [1.54, 1.807) is 12.1 Å². The number of halogens is 1. The number of rotatable bonds is 7. The van der Waals surface area contributed by atoms with E-state index in [1.165, 1.54) is 0 Å². The maximum atomic E-state index is 11.8. The summed E-state index contributed by atoms with van der Waals surface area (Å²) in [5, 5.41) is 3.38. The average molecular weight is 288 g/mol. The first-order valence-corrected chi connectivity index (χ1v) is 7.84. The zero-order valence-corrected chi connectivity index (χ0v) is 12.0. The minimum atomic E-state index is -1.19. The molecule has 0 spiro atoms. The van der Waals surface area contributed by atoms with E-state index in [4.69, 9.17) is 11.6 Å². The maximum absolute atomic E-state index is 11.8. The van der Waals surface area contributed by atoms with Crippen molar-refractivity contribution in [1.82, 2.24) is 5.32 Å². The molecule has 1 N–H and O–H groups in total. The van der Waals surface area contributed by atoms with Crippen LogP contribution in [-0.2, 0) is 21.3 Å². The Kier molecular flexibility index (Phi) is 6.98. The molecule has 5 heteroatoms. The second-order valence-corrected chi connectivity index (χ2v) is 5.96. The van der Waals surface area contributed by atoms with Crippen LogP contribution in [0.25, 0.3) is 0 Å². The first-order valence-electron chi connectivity index (χ1n) is 5.98. The van der Waals surface area contributed by atoms with Gasteiger partial charge in [0.05, 0.1) is 0 Å². The summed E-state index contributed by atoms with van der Waals surface area (Å²) in [6, 6.07) is 7.22. The summed E-state index contributed by atoms with van der Waals surface area (Å²) in [4.78, 5) is 11.5. The van der Waals surface area contributed by atoms with E-state index in [2.05, 4.69) is 12.2 Å². The smallest absolute Gasteiger partial charge is 0.232 e. The summed E-state index contributed by atoms with van der Waals surface area (Å²) in [7, 11) is -1.19. The van der Waals surface area contributed by atoms with Crippen LogP contribution in [0, 0.1) is 0 Å². The number of hydrogen-bond donors (Lipinski definition) is 1. The van der Waals surface area contributed by atoms with E-state index in [-0.39, 0.29) is 11.7 Å². The zero-order chi connectivity index (χ0) is 13.4. The molecule has 0 bridgehead atoms. The van der Waals surface area contributed by atoms with E-state index in [9.17, 15) is 9.00 Å². The molecule has 100 valence electrons. The van der Waals surface area contributed by atoms with E-state index >= 15 is 0 Å². The molecule has 18 heavy (non-hydrogen) atoms. The molecule has 3 nitrogen and oxygen atoms in total. The lowest BCUT2D eigenvalue weighted by molar-refractivity contribution is -0.118. The summed E-state index contributed by atoms with van der Waals surface area (Å²) in [5.74, 6) is 0.265. The molecule has 0 saturated heterocycles. The van der Waals surface area contributed by atoms with Gasteiger partial charge >= 0.3 is 0 Å². The lowest BCUT2D eigenvalue weighted by atomic mass is 10.2. The van der Waals surface area contributed by atoms with E-state index < -0.39 is 10.8 Å². The monoisotopic (exact) mass is 287 g/mol. The molecule has 0 aromatic heterocycles. The average Bonchev–Trinajstić information content (AvgIpc) is 2.29. The highest BCUT2D eigenvalue weighted by molar-refractivity contribution is 7.84. The Labute approximate surface area is 115 Å². The highest BCUT2D eigenvalue weighted by Gasteiger charge is 2.08. The Balaban J connectivity index is 2.35. The summed E-state index contributed by atoms with van der Waals surface area (Å²) in [6.45, 7) is 2.72. The second kappa shape index (κ2) is 8.27. The molecule has 0 fully saturated rings. The first-order chi connectivity index (χ1) is 8.61. The van der Waals surface area contributed by atoms with Crippen LogP contribution in [0.1, 0.15) is 25.3 Å². The number of benzene rings is 1. The molecule has 1 atom stereocenters. The Bertz CT molecular complexity index is 423. The number of amides is 1. The van der Waals surface area contributed by atoms with E-state index in [0.717, 1.165) is 18.4 Å². The lowest BCUT2D eigenvalue weighted by Gasteiger charge is -2.05. The minimum absolute atomic E-state index is 0.0518. The number of unbranched alkanes of at least 4 members (excludes halogenated alkanes) is 1. The van der Waals surface area contributed by atoms with Gasteiger partial charge in [-0.05, 0) is 24.1 Å². The van der Waals surface area contributed by atoms with Gasteiger partial charge in [0.15, 0.2) is 0 Å². The molecule has 0 aliphatic heterocycles. The Morgan fingerprint density at radius 3 is 2.89 bits per heavy atom. The fraction of sp³-hybridized carbons (Fsp3) is 0.462. The van der Waals surface area contributed by atoms with Gasteiger partial charge in [0.1, 0.15) is 5.75 Å². The van der Waals surface area contributed by atoms with Gasteiger partial charge in [-0.15, -0.1) is 0 Å². The van der Waals surface area contributed by atoms with Crippen molar-refractivity contribution in [1.29, 1.82) is 0 Å². The van der Waals surface area contributed by atoms with Crippen molar-refractivity contribution in [3.05, 3.63) is 34.9 Å². The quantitative estimate of drug-likeness (QED) is 0.783. The summed E-state index contributed by atoms with van der Waals surface area (Å²) in [5.41, 5.74) is 0.891. The number of nitrogens with one attached hydrogen (secondary N) is 1. The van der Waals surface area contributed by atoms with Crippen LogP contribution in [0.15, 0.2) is 24.3 Å². The molecule has 1 aromatic carbocycles. The molecular weight excluding hydrogens is 270 g/mol. The van der Waals surface area contributed by atoms with Crippen LogP contribution in [0.2, 0.25) is 5.02 Å². The normalized spacial score (nSPS) is 12.1. The van der Waals surface area contributed by atoms with Crippen molar-refractivity contribution in [2.24, 2.45) is 0 Å². The van der Waals surface area contributed by atoms with Crippen LogP contribution in [0.5, 0.6) is 0 Å². The van der Waals surface area contributed by atoms with Crippen molar-refractivity contribution in [3.63, 3.8) is 0 Å². The topological polar surface area (TPSA) is 46.2 Å². The molecule has 1 aromatic rings. The Morgan fingerprint density at radius 2 is 2.22 bits per heavy atom. The molecule has 0 radical (unpaired) electrons. The van der Waals surface area contributed by atoms with Crippen LogP contribution < -0.4 is 5.32 Å². The van der Waals surface area contributed by atoms with Crippen molar-refractivity contribution in [3.8, 4) is 0 Å². The molecule has 0 heterocycles. The van der Waals surface area contributed by atoms with Gasteiger partial charge in [-0.2, -0.15) is 0 Å². The van der Waals surface area contributed by atoms with Crippen molar-refractivity contribution >= 4 is 28.3 Å². The van der Waals surface area contributed by atoms with Crippen LogP contribution in [0.3, 0.4) is 0 Å². The molecule has 1 unspecified atom stereocenters. The third kappa shape index (κ3) is 6.17. The minimum Gasteiger partial charge on any atom is -0.355 e. The summed E-state index contributed by atoms with van der Waals surface area (Å²) < 4.78 is 11.8. The maximum Gasteiger partial charge on any atom is 0.232 e. The predicted octanol–water partition coefficient (Wildman–Crippen LogP) is 2.51. The van der Waals surface area contributed by atoms with Gasteiger partial charge in [-0.25, -0.2) is 0 Å². The van der Waals surface area contributed by atoms with E-state index in [1.807, 2.05) is 12.1 Å². The van der Waals surface area contributed by atoms with Gasteiger partial charge in [-0.1, -0.05) is 37.1 Å². The predicted molar refractivity (Wildman–Crippen MR) is 76.1 cm³/mol. The summed E-state index contributed by atoms with van der Waals surface area (Å²) >= 11 is 5.84. The van der Waals surface area contributed by atoms with Crippen molar-refractivity contribution in [2.45, 2.75) is 25.5 Å². The molecule has 1 amide bonds. The van der Waals surface area contributed by atoms with Gasteiger partial charge in [0.2, 0.25) is 5.91 Å². The van der Waals surface area contributed by atoms with E-state index in [0.29, 0.717) is 17.3 Å². The first kappa shape index (κ1) is 15.2. The fourth-order valence-electron chi connectivity index (χ4n) is 1.47.